The predicted molar refractivity (Wildman–Crippen MR) is 103 cm³/mol. The van der Waals surface area contributed by atoms with E-state index in [0.29, 0.717) is 6.04 Å². The second-order valence-corrected chi connectivity index (χ2v) is 5.74. The molecular weight excluding hydrogens is 363 g/mol. The van der Waals surface area contributed by atoms with Gasteiger partial charge in [0.25, 0.3) is 0 Å². The molecule has 0 radical (unpaired) electrons. The van der Waals surface area contributed by atoms with Crippen LogP contribution in [-0.4, -0.2) is 35.6 Å². The zero-order valence-electron chi connectivity index (χ0n) is 13.7. The minimum absolute atomic E-state index is 0. The molecule has 1 aromatic carbocycles. The van der Waals surface area contributed by atoms with E-state index in [2.05, 4.69) is 38.8 Å². The molecule has 1 aromatic heterocycles. The first-order chi connectivity index (χ1) is 11.3. The van der Waals surface area contributed by atoms with E-state index in [1.54, 1.807) is 18.7 Å². The third-order valence-electron chi connectivity index (χ3n) is 4.23. The zero-order chi connectivity index (χ0) is 15.6. The van der Waals surface area contributed by atoms with Crippen LogP contribution in [-0.2, 0) is 4.89 Å². The minimum atomic E-state index is 0. The first-order valence-corrected chi connectivity index (χ1v) is 7.74. The van der Waals surface area contributed by atoms with E-state index in [0.717, 1.165) is 36.9 Å². The Kier molecular flexibility index (Phi) is 6.33. The smallest absolute Gasteiger partial charge is 0.225 e. The van der Waals surface area contributed by atoms with Crippen molar-refractivity contribution in [2.24, 2.45) is 0 Å². The fraction of sp³-hybridized carbons (Fsp3) is 0.294. The third kappa shape index (κ3) is 3.91. The van der Waals surface area contributed by atoms with Crippen LogP contribution in [0.1, 0.15) is 12.5 Å². The third-order valence-corrected chi connectivity index (χ3v) is 4.23. The number of fused-ring (bicyclic) bond motifs is 1. The number of hydrogen-bond donors (Lipinski definition) is 0. The maximum Gasteiger partial charge on any atom is 0.225 e. The molecule has 0 spiro atoms. The van der Waals surface area contributed by atoms with Crippen molar-refractivity contribution in [3.05, 3.63) is 48.5 Å². The minimum Gasteiger partial charge on any atom is -0.365 e. The highest BCUT2D eigenvalue weighted by Gasteiger charge is 2.26. The number of aromatic nitrogens is 2. The summed E-state index contributed by atoms with van der Waals surface area (Å²) in [5.41, 5.74) is 2.23. The molecule has 0 aliphatic carbocycles. The van der Waals surface area contributed by atoms with Gasteiger partial charge in [0.15, 0.2) is 5.75 Å². The van der Waals surface area contributed by atoms with Crippen LogP contribution in [0.4, 0.5) is 11.6 Å². The molecule has 1 saturated heterocycles. The average molecular weight is 383 g/mol. The van der Waals surface area contributed by atoms with Gasteiger partial charge in [0, 0.05) is 49.3 Å². The zero-order valence-corrected chi connectivity index (χ0v) is 15.4. The van der Waals surface area contributed by atoms with Crippen LogP contribution in [0.15, 0.2) is 42.9 Å². The predicted octanol–water partition coefficient (Wildman–Crippen LogP) is 3.33. The molecular formula is C17H20Cl2N4O2. The van der Waals surface area contributed by atoms with E-state index in [9.17, 15) is 0 Å². The van der Waals surface area contributed by atoms with Gasteiger partial charge in [-0.3, -0.25) is 9.78 Å². The largest absolute Gasteiger partial charge is 0.365 e. The molecule has 2 aromatic rings. The number of nitrogens with zero attached hydrogens (tertiary/aromatic N) is 4. The van der Waals surface area contributed by atoms with Gasteiger partial charge in [-0.1, -0.05) is 0 Å². The first-order valence-electron chi connectivity index (χ1n) is 7.74. The van der Waals surface area contributed by atoms with Crippen molar-refractivity contribution in [3.63, 3.8) is 0 Å². The molecule has 2 aliphatic rings. The van der Waals surface area contributed by atoms with E-state index in [4.69, 9.17) is 9.78 Å². The molecule has 0 saturated carbocycles. The lowest BCUT2D eigenvalue weighted by atomic mass is 10.1. The van der Waals surface area contributed by atoms with Gasteiger partial charge in [-0.25, -0.2) is 9.97 Å². The Labute approximate surface area is 159 Å². The number of rotatable bonds is 2. The Morgan fingerprint density at radius 2 is 1.92 bits per heavy atom. The highest BCUT2D eigenvalue weighted by molar-refractivity contribution is 5.85. The van der Waals surface area contributed by atoms with Crippen LogP contribution in [0, 0.1) is 0 Å². The van der Waals surface area contributed by atoms with Gasteiger partial charge in [0.05, 0.1) is 0 Å². The highest BCUT2D eigenvalue weighted by Crippen LogP contribution is 2.30. The molecule has 0 N–H and O–H groups in total. The van der Waals surface area contributed by atoms with E-state index in [1.807, 2.05) is 18.2 Å². The van der Waals surface area contributed by atoms with Gasteiger partial charge in [0.1, 0.15) is 6.26 Å². The normalized spacial score (nSPS) is 18.2. The lowest BCUT2D eigenvalue weighted by molar-refractivity contribution is -0.151. The van der Waals surface area contributed by atoms with E-state index in [1.165, 1.54) is 5.69 Å². The summed E-state index contributed by atoms with van der Waals surface area (Å²) in [6, 6.07) is 8.38. The van der Waals surface area contributed by atoms with Crippen molar-refractivity contribution in [1.29, 1.82) is 0 Å². The number of halogens is 2. The molecule has 1 unspecified atom stereocenters. The van der Waals surface area contributed by atoms with Gasteiger partial charge in [0.2, 0.25) is 5.95 Å². The van der Waals surface area contributed by atoms with E-state index in [-0.39, 0.29) is 24.8 Å². The molecule has 134 valence electrons. The van der Waals surface area contributed by atoms with Gasteiger partial charge in [-0.05, 0) is 37.3 Å². The van der Waals surface area contributed by atoms with Crippen molar-refractivity contribution in [1.82, 2.24) is 9.97 Å². The molecule has 1 fully saturated rings. The fourth-order valence-electron chi connectivity index (χ4n) is 3.08. The summed E-state index contributed by atoms with van der Waals surface area (Å²) in [5, 5.41) is 0. The van der Waals surface area contributed by atoms with Crippen molar-refractivity contribution in [3.8, 4) is 5.75 Å². The Morgan fingerprint density at radius 1 is 1.12 bits per heavy atom. The molecule has 8 heteroatoms. The summed E-state index contributed by atoms with van der Waals surface area (Å²) in [7, 11) is 0. The van der Waals surface area contributed by atoms with Crippen LogP contribution in [0.5, 0.6) is 5.75 Å². The van der Waals surface area contributed by atoms with Crippen molar-refractivity contribution >= 4 is 42.5 Å². The molecule has 2 aliphatic heterocycles. The monoisotopic (exact) mass is 382 g/mol. The first kappa shape index (κ1) is 19.1. The van der Waals surface area contributed by atoms with Gasteiger partial charge in [-0.2, -0.15) is 0 Å². The SMILES string of the molecule is CC1CN(c2ncccn2)CCN1c1ccc2c(c1)C=COO2.Cl.Cl. The van der Waals surface area contributed by atoms with Gasteiger partial charge < -0.3 is 9.80 Å². The average Bonchev–Trinajstić information content (AvgIpc) is 2.62. The maximum atomic E-state index is 5.14. The van der Waals surface area contributed by atoms with Crippen molar-refractivity contribution in [2.45, 2.75) is 13.0 Å². The Bertz CT molecular complexity index is 730. The summed E-state index contributed by atoms with van der Waals surface area (Å²) in [6.45, 7) is 4.96. The second kappa shape index (κ2) is 8.27. The highest BCUT2D eigenvalue weighted by atomic mass is 35.5. The number of hydrogen-bond acceptors (Lipinski definition) is 6. The maximum absolute atomic E-state index is 5.14. The number of piperazine rings is 1. The molecule has 25 heavy (non-hydrogen) atoms. The quantitative estimate of drug-likeness (QED) is 0.742. The van der Waals surface area contributed by atoms with E-state index >= 15 is 0 Å². The number of benzene rings is 1. The standard InChI is InChI=1S/C17H18N4O2.2ClH/c1-13-12-20(17-18-6-2-7-19-17)8-9-21(13)15-3-4-16-14(11-15)5-10-22-23-16;;/h2-7,10-11,13H,8-9,12H2,1H3;2*1H. The van der Waals surface area contributed by atoms with Crippen LogP contribution in [0.2, 0.25) is 0 Å². The second-order valence-electron chi connectivity index (χ2n) is 5.74. The molecule has 0 amide bonds. The Balaban J connectivity index is 0.00000113. The lowest BCUT2D eigenvalue weighted by Crippen LogP contribution is -2.52. The summed E-state index contributed by atoms with van der Waals surface area (Å²) in [6.07, 6.45) is 7.05. The lowest BCUT2D eigenvalue weighted by Gasteiger charge is -2.41. The van der Waals surface area contributed by atoms with Crippen molar-refractivity contribution in [2.75, 3.05) is 29.4 Å². The fourth-order valence-corrected chi connectivity index (χ4v) is 3.08. The molecule has 6 nitrogen and oxygen atoms in total. The summed E-state index contributed by atoms with van der Waals surface area (Å²) < 4.78 is 0. The van der Waals surface area contributed by atoms with E-state index < -0.39 is 0 Å². The Hall–Kier alpha value is -2.18. The van der Waals surface area contributed by atoms with Crippen LogP contribution in [0.25, 0.3) is 6.08 Å². The van der Waals surface area contributed by atoms with Crippen LogP contribution >= 0.6 is 24.8 Å². The Morgan fingerprint density at radius 3 is 2.68 bits per heavy atom. The molecule has 0 bridgehead atoms. The summed E-state index contributed by atoms with van der Waals surface area (Å²) in [4.78, 5) is 23.3. The van der Waals surface area contributed by atoms with Crippen LogP contribution in [0.3, 0.4) is 0 Å². The van der Waals surface area contributed by atoms with Gasteiger partial charge in [-0.15, -0.1) is 24.8 Å². The van der Waals surface area contributed by atoms with Gasteiger partial charge >= 0.3 is 0 Å². The summed E-state index contributed by atoms with van der Waals surface area (Å²) >= 11 is 0. The molecule has 1 atom stereocenters. The molecule has 3 heterocycles. The van der Waals surface area contributed by atoms with Crippen LogP contribution < -0.4 is 14.7 Å². The topological polar surface area (TPSA) is 50.7 Å². The number of anilines is 2. The van der Waals surface area contributed by atoms with Crippen molar-refractivity contribution < 1.29 is 9.78 Å². The summed E-state index contributed by atoms with van der Waals surface area (Å²) in [5.74, 6) is 1.55. The molecule has 4 rings (SSSR count).